The minimum absolute atomic E-state index is 0.114. The van der Waals surface area contributed by atoms with E-state index in [1.165, 1.54) is 0 Å². The minimum Gasteiger partial charge on any atom is -0.497 e. The van der Waals surface area contributed by atoms with E-state index in [4.69, 9.17) is 9.47 Å². The van der Waals surface area contributed by atoms with Crippen molar-refractivity contribution in [3.05, 3.63) is 35.0 Å². The normalized spacial score (nSPS) is 20.5. The summed E-state index contributed by atoms with van der Waals surface area (Å²) < 4.78 is 10.6. The van der Waals surface area contributed by atoms with Gasteiger partial charge in [0.15, 0.2) is 0 Å². The standard InChI is InChI=1S/C15H17N3O4/c1-18-7-10-12(14(18)19)13(17-15(20)16-10)9-6-8(21-2)4-5-11(9)22-3/h4-6,13H,7H2,1-3H3,(H2,16,17,20)/t13-/m1/s1. The van der Waals surface area contributed by atoms with E-state index >= 15 is 0 Å². The number of rotatable bonds is 3. The van der Waals surface area contributed by atoms with E-state index in [9.17, 15) is 9.59 Å². The third-order valence-corrected chi connectivity index (χ3v) is 3.87. The summed E-state index contributed by atoms with van der Waals surface area (Å²) in [6, 6.07) is 4.39. The molecule has 0 fully saturated rings. The number of hydrogen-bond donors (Lipinski definition) is 2. The van der Waals surface area contributed by atoms with Crippen LogP contribution in [-0.2, 0) is 4.79 Å². The van der Waals surface area contributed by atoms with E-state index in [2.05, 4.69) is 10.6 Å². The quantitative estimate of drug-likeness (QED) is 0.865. The van der Waals surface area contributed by atoms with Gasteiger partial charge in [0.1, 0.15) is 11.5 Å². The van der Waals surface area contributed by atoms with Crippen molar-refractivity contribution in [2.24, 2.45) is 0 Å². The fraction of sp³-hybridized carbons (Fsp3) is 0.333. The Labute approximate surface area is 127 Å². The van der Waals surface area contributed by atoms with Crippen LogP contribution >= 0.6 is 0 Å². The topological polar surface area (TPSA) is 79.9 Å². The maximum Gasteiger partial charge on any atom is 0.319 e. The largest absolute Gasteiger partial charge is 0.497 e. The number of hydrogen-bond acceptors (Lipinski definition) is 4. The SMILES string of the molecule is COc1ccc(OC)c([C@H]2NC(=O)NC3=C2C(=O)N(C)C3)c1. The van der Waals surface area contributed by atoms with Crippen molar-refractivity contribution in [1.82, 2.24) is 15.5 Å². The highest BCUT2D eigenvalue weighted by atomic mass is 16.5. The first-order valence-corrected chi connectivity index (χ1v) is 6.83. The molecule has 0 bridgehead atoms. The van der Waals surface area contributed by atoms with E-state index in [-0.39, 0.29) is 11.9 Å². The molecule has 116 valence electrons. The summed E-state index contributed by atoms with van der Waals surface area (Å²) in [7, 11) is 4.81. The summed E-state index contributed by atoms with van der Waals surface area (Å²) in [4.78, 5) is 25.9. The lowest BCUT2D eigenvalue weighted by Gasteiger charge is -2.27. The van der Waals surface area contributed by atoms with Gasteiger partial charge in [-0.15, -0.1) is 0 Å². The van der Waals surface area contributed by atoms with Crippen molar-refractivity contribution in [3.8, 4) is 11.5 Å². The molecule has 1 atom stereocenters. The Kier molecular flexibility index (Phi) is 3.40. The van der Waals surface area contributed by atoms with Gasteiger partial charge in [-0.2, -0.15) is 0 Å². The van der Waals surface area contributed by atoms with Gasteiger partial charge in [0, 0.05) is 12.6 Å². The summed E-state index contributed by atoms with van der Waals surface area (Å²) in [6.45, 7) is 0.393. The molecule has 2 heterocycles. The Morgan fingerprint density at radius 3 is 2.68 bits per heavy atom. The third-order valence-electron chi connectivity index (χ3n) is 3.87. The first-order chi connectivity index (χ1) is 10.5. The Bertz CT molecular complexity index is 683. The van der Waals surface area contributed by atoms with Crippen LogP contribution in [0, 0.1) is 0 Å². The van der Waals surface area contributed by atoms with Crippen molar-refractivity contribution >= 4 is 11.9 Å². The van der Waals surface area contributed by atoms with Gasteiger partial charge in [0.05, 0.1) is 38.1 Å². The van der Waals surface area contributed by atoms with Crippen LogP contribution in [0.1, 0.15) is 11.6 Å². The van der Waals surface area contributed by atoms with E-state index < -0.39 is 6.04 Å². The second-order valence-corrected chi connectivity index (χ2v) is 5.19. The lowest BCUT2D eigenvalue weighted by molar-refractivity contribution is -0.124. The van der Waals surface area contributed by atoms with E-state index in [1.807, 2.05) is 0 Å². The molecule has 7 nitrogen and oxygen atoms in total. The number of ether oxygens (including phenoxy) is 2. The highest BCUT2D eigenvalue weighted by Crippen LogP contribution is 2.37. The van der Waals surface area contributed by atoms with Crippen LogP contribution in [0.25, 0.3) is 0 Å². The number of amides is 3. The Hall–Kier alpha value is -2.70. The van der Waals surface area contributed by atoms with Crippen molar-refractivity contribution in [2.75, 3.05) is 27.8 Å². The maximum absolute atomic E-state index is 12.4. The molecule has 2 aliphatic rings. The van der Waals surface area contributed by atoms with Crippen molar-refractivity contribution < 1.29 is 19.1 Å². The predicted octanol–water partition coefficient (Wildman–Crippen LogP) is 0.784. The number of benzene rings is 1. The number of methoxy groups -OCH3 is 2. The van der Waals surface area contributed by atoms with E-state index in [0.29, 0.717) is 34.9 Å². The molecule has 0 saturated carbocycles. The zero-order valence-corrected chi connectivity index (χ0v) is 12.6. The number of likely N-dealkylation sites (N-methyl/N-ethyl adjacent to an activating group) is 1. The zero-order chi connectivity index (χ0) is 15.9. The molecule has 1 aromatic rings. The minimum atomic E-state index is -0.564. The van der Waals surface area contributed by atoms with Crippen LogP contribution in [0.2, 0.25) is 0 Å². The van der Waals surface area contributed by atoms with Gasteiger partial charge in [-0.05, 0) is 18.2 Å². The van der Waals surface area contributed by atoms with Crippen molar-refractivity contribution in [1.29, 1.82) is 0 Å². The molecular formula is C15H17N3O4. The highest BCUT2D eigenvalue weighted by Gasteiger charge is 2.40. The summed E-state index contributed by atoms with van der Waals surface area (Å²) in [5.41, 5.74) is 1.85. The van der Waals surface area contributed by atoms with Crippen LogP contribution in [0.5, 0.6) is 11.5 Å². The second-order valence-electron chi connectivity index (χ2n) is 5.19. The van der Waals surface area contributed by atoms with Crippen LogP contribution < -0.4 is 20.1 Å². The van der Waals surface area contributed by atoms with E-state index in [1.54, 1.807) is 44.4 Å². The van der Waals surface area contributed by atoms with Gasteiger partial charge in [-0.3, -0.25) is 4.79 Å². The smallest absolute Gasteiger partial charge is 0.319 e. The first-order valence-electron chi connectivity index (χ1n) is 6.83. The Morgan fingerprint density at radius 2 is 2.00 bits per heavy atom. The van der Waals surface area contributed by atoms with Crippen LogP contribution in [0.3, 0.4) is 0 Å². The number of nitrogens with zero attached hydrogens (tertiary/aromatic N) is 1. The molecule has 22 heavy (non-hydrogen) atoms. The van der Waals surface area contributed by atoms with Gasteiger partial charge < -0.3 is 25.0 Å². The maximum atomic E-state index is 12.4. The molecule has 0 unspecified atom stereocenters. The van der Waals surface area contributed by atoms with Crippen LogP contribution in [0.15, 0.2) is 29.5 Å². The lowest BCUT2D eigenvalue weighted by Crippen LogP contribution is -2.44. The molecule has 7 heteroatoms. The van der Waals surface area contributed by atoms with Crippen LogP contribution in [0.4, 0.5) is 4.79 Å². The number of carbonyl (C=O) groups is 2. The summed E-state index contributed by atoms with van der Waals surface area (Å²) in [6.07, 6.45) is 0. The summed E-state index contributed by atoms with van der Waals surface area (Å²) >= 11 is 0. The highest BCUT2D eigenvalue weighted by molar-refractivity contribution is 6.01. The Balaban J connectivity index is 2.12. The zero-order valence-electron chi connectivity index (χ0n) is 12.6. The average Bonchev–Trinajstić information content (AvgIpc) is 2.80. The number of nitrogens with one attached hydrogen (secondary N) is 2. The molecule has 3 amide bonds. The fourth-order valence-electron chi connectivity index (χ4n) is 2.81. The predicted molar refractivity (Wildman–Crippen MR) is 78.6 cm³/mol. The molecule has 0 aliphatic carbocycles. The molecule has 1 aromatic carbocycles. The van der Waals surface area contributed by atoms with E-state index in [0.717, 1.165) is 0 Å². The van der Waals surface area contributed by atoms with Gasteiger partial charge in [0.25, 0.3) is 5.91 Å². The molecule has 2 N–H and O–H groups in total. The van der Waals surface area contributed by atoms with Gasteiger partial charge in [-0.1, -0.05) is 0 Å². The number of carbonyl (C=O) groups excluding carboxylic acids is 2. The Morgan fingerprint density at radius 1 is 1.23 bits per heavy atom. The summed E-state index contributed by atoms with van der Waals surface area (Å²) in [5, 5.41) is 5.49. The molecule has 3 rings (SSSR count). The molecule has 0 spiro atoms. The van der Waals surface area contributed by atoms with Crippen molar-refractivity contribution in [2.45, 2.75) is 6.04 Å². The van der Waals surface area contributed by atoms with Crippen LogP contribution in [-0.4, -0.2) is 44.7 Å². The molecule has 0 saturated heterocycles. The average molecular weight is 303 g/mol. The first kappa shape index (κ1) is 14.2. The second kappa shape index (κ2) is 5.25. The fourth-order valence-corrected chi connectivity index (χ4v) is 2.81. The monoisotopic (exact) mass is 303 g/mol. The summed E-state index contributed by atoms with van der Waals surface area (Å²) in [5.74, 6) is 1.10. The molecule has 0 aromatic heterocycles. The molecular weight excluding hydrogens is 286 g/mol. The molecule has 2 aliphatic heterocycles. The van der Waals surface area contributed by atoms with Gasteiger partial charge >= 0.3 is 6.03 Å². The molecule has 0 radical (unpaired) electrons. The third kappa shape index (κ3) is 2.14. The van der Waals surface area contributed by atoms with Crippen molar-refractivity contribution in [3.63, 3.8) is 0 Å². The lowest BCUT2D eigenvalue weighted by atomic mass is 9.95. The number of urea groups is 1. The van der Waals surface area contributed by atoms with Gasteiger partial charge in [-0.25, -0.2) is 4.79 Å². The van der Waals surface area contributed by atoms with Gasteiger partial charge in [0.2, 0.25) is 0 Å².